The lowest BCUT2D eigenvalue weighted by molar-refractivity contribution is 0.263. The third-order valence-corrected chi connectivity index (χ3v) is 3.79. The van der Waals surface area contributed by atoms with Gasteiger partial charge in [0.05, 0.1) is 6.61 Å². The van der Waals surface area contributed by atoms with Gasteiger partial charge in [0.1, 0.15) is 5.82 Å². The van der Waals surface area contributed by atoms with E-state index in [-0.39, 0.29) is 18.3 Å². The molecule has 0 spiro atoms. The Morgan fingerprint density at radius 2 is 1.84 bits per heavy atom. The Morgan fingerprint density at radius 3 is 2.42 bits per heavy atom. The summed E-state index contributed by atoms with van der Waals surface area (Å²) in [5, 5.41) is 10.1. The van der Waals surface area contributed by atoms with Gasteiger partial charge in [0.2, 0.25) is 0 Å². The van der Waals surface area contributed by atoms with Crippen LogP contribution in [0.4, 0.5) is 4.39 Å². The Hall–Kier alpha value is -0.900. The molecule has 1 N–H and O–H groups in total. The maximum absolute atomic E-state index is 13.8. The van der Waals surface area contributed by atoms with E-state index in [4.69, 9.17) is 11.6 Å². The largest absolute Gasteiger partial charge is 0.396 e. The number of rotatable bonds is 4. The van der Waals surface area contributed by atoms with Crippen LogP contribution in [0.5, 0.6) is 0 Å². The van der Waals surface area contributed by atoms with Crippen LogP contribution in [0.1, 0.15) is 17.0 Å². The Morgan fingerprint density at radius 1 is 1.16 bits per heavy atom. The van der Waals surface area contributed by atoms with E-state index in [0.29, 0.717) is 21.5 Å². The molecule has 2 aromatic carbocycles. The summed E-state index contributed by atoms with van der Waals surface area (Å²) in [5.41, 5.74) is 1.55. The van der Waals surface area contributed by atoms with Crippen LogP contribution in [0.25, 0.3) is 0 Å². The summed E-state index contributed by atoms with van der Waals surface area (Å²) in [6.07, 6.45) is 0.456. The summed E-state index contributed by atoms with van der Waals surface area (Å²) >= 11 is 9.06. The fraction of sp³-hybridized carbons (Fsp3) is 0.200. The second-order valence-electron chi connectivity index (χ2n) is 4.37. The van der Waals surface area contributed by atoms with Gasteiger partial charge in [0, 0.05) is 15.4 Å². The van der Waals surface area contributed by atoms with Crippen molar-refractivity contribution < 1.29 is 9.50 Å². The van der Waals surface area contributed by atoms with Crippen molar-refractivity contribution in [2.24, 2.45) is 0 Å². The summed E-state index contributed by atoms with van der Waals surface area (Å²) in [6.45, 7) is -0.0306. The lowest BCUT2D eigenvalue weighted by Gasteiger charge is -2.15. The molecule has 0 amide bonds. The van der Waals surface area contributed by atoms with Gasteiger partial charge in [-0.1, -0.05) is 45.7 Å². The molecule has 2 aromatic rings. The molecule has 100 valence electrons. The number of benzene rings is 2. The average molecular weight is 344 g/mol. The van der Waals surface area contributed by atoms with Gasteiger partial charge in [-0.05, 0) is 41.8 Å². The van der Waals surface area contributed by atoms with Crippen LogP contribution < -0.4 is 0 Å². The topological polar surface area (TPSA) is 20.2 Å². The van der Waals surface area contributed by atoms with Crippen molar-refractivity contribution in [2.45, 2.75) is 12.3 Å². The molecule has 0 bridgehead atoms. The van der Waals surface area contributed by atoms with Crippen molar-refractivity contribution in [2.75, 3.05) is 6.61 Å². The minimum atomic E-state index is -0.262. The first-order valence-corrected chi connectivity index (χ1v) is 7.07. The SMILES string of the molecule is OCC(Cc1ccc(Br)cc1F)c1ccc(Cl)cc1. The molecule has 1 unspecified atom stereocenters. The van der Waals surface area contributed by atoms with Crippen molar-refractivity contribution in [3.63, 3.8) is 0 Å². The molecule has 0 saturated heterocycles. The minimum Gasteiger partial charge on any atom is -0.396 e. The number of halogens is 3. The van der Waals surface area contributed by atoms with Gasteiger partial charge in [-0.15, -0.1) is 0 Å². The predicted octanol–water partition coefficient (Wildman–Crippen LogP) is 4.56. The van der Waals surface area contributed by atoms with Gasteiger partial charge in [-0.25, -0.2) is 4.39 Å². The molecular formula is C15H13BrClFO. The minimum absolute atomic E-state index is 0.0306. The second kappa shape index (κ2) is 6.51. The van der Waals surface area contributed by atoms with Gasteiger partial charge in [0.25, 0.3) is 0 Å². The zero-order valence-corrected chi connectivity index (χ0v) is 12.5. The zero-order chi connectivity index (χ0) is 13.8. The first kappa shape index (κ1) is 14.5. The third kappa shape index (κ3) is 3.78. The molecule has 0 aliphatic carbocycles. The standard InChI is InChI=1S/C15H13BrClFO/c16-13-4-1-11(15(18)8-13)7-12(9-19)10-2-5-14(17)6-3-10/h1-6,8,12,19H,7,9H2. The van der Waals surface area contributed by atoms with Crippen LogP contribution in [-0.2, 0) is 6.42 Å². The molecular weight excluding hydrogens is 331 g/mol. The molecule has 1 atom stereocenters. The molecule has 0 heterocycles. The molecule has 0 fully saturated rings. The number of hydrogen-bond donors (Lipinski definition) is 1. The molecule has 19 heavy (non-hydrogen) atoms. The van der Waals surface area contributed by atoms with E-state index in [0.717, 1.165) is 5.56 Å². The molecule has 0 aliphatic heterocycles. The lowest BCUT2D eigenvalue weighted by Crippen LogP contribution is -2.09. The average Bonchev–Trinajstić information content (AvgIpc) is 2.39. The predicted molar refractivity (Wildman–Crippen MR) is 79.1 cm³/mol. The first-order valence-electron chi connectivity index (χ1n) is 5.90. The molecule has 2 rings (SSSR count). The van der Waals surface area contributed by atoms with Crippen LogP contribution in [0.3, 0.4) is 0 Å². The highest BCUT2D eigenvalue weighted by Crippen LogP contribution is 2.25. The Kier molecular flexibility index (Phi) is 4.97. The van der Waals surface area contributed by atoms with Crippen LogP contribution in [-0.4, -0.2) is 11.7 Å². The molecule has 0 saturated carbocycles. The van der Waals surface area contributed by atoms with Crippen molar-refractivity contribution >= 4 is 27.5 Å². The van der Waals surface area contributed by atoms with Gasteiger partial charge in [-0.3, -0.25) is 0 Å². The Bertz CT molecular complexity index is 557. The number of aliphatic hydroxyl groups excluding tert-OH is 1. The highest BCUT2D eigenvalue weighted by atomic mass is 79.9. The zero-order valence-electron chi connectivity index (χ0n) is 10.1. The van der Waals surface area contributed by atoms with Crippen LogP contribution in [0.2, 0.25) is 5.02 Å². The quantitative estimate of drug-likeness (QED) is 0.863. The summed E-state index contributed by atoms with van der Waals surface area (Å²) in [6, 6.07) is 12.2. The third-order valence-electron chi connectivity index (χ3n) is 3.04. The maximum Gasteiger partial charge on any atom is 0.127 e. The van der Waals surface area contributed by atoms with E-state index in [9.17, 15) is 9.50 Å². The molecule has 0 aromatic heterocycles. The van der Waals surface area contributed by atoms with Crippen LogP contribution in [0.15, 0.2) is 46.9 Å². The van der Waals surface area contributed by atoms with E-state index >= 15 is 0 Å². The van der Waals surface area contributed by atoms with Crippen molar-refractivity contribution in [3.05, 3.63) is 68.9 Å². The van der Waals surface area contributed by atoms with Crippen molar-refractivity contribution in [3.8, 4) is 0 Å². The van der Waals surface area contributed by atoms with Gasteiger partial charge >= 0.3 is 0 Å². The first-order chi connectivity index (χ1) is 9.10. The van der Waals surface area contributed by atoms with Gasteiger partial charge in [0.15, 0.2) is 0 Å². The Labute approximate surface area is 125 Å². The van der Waals surface area contributed by atoms with Crippen LogP contribution >= 0.6 is 27.5 Å². The smallest absolute Gasteiger partial charge is 0.127 e. The fourth-order valence-electron chi connectivity index (χ4n) is 1.98. The molecule has 0 radical (unpaired) electrons. The van der Waals surface area contributed by atoms with E-state index in [1.165, 1.54) is 6.07 Å². The van der Waals surface area contributed by atoms with E-state index in [2.05, 4.69) is 15.9 Å². The van der Waals surface area contributed by atoms with Crippen molar-refractivity contribution in [1.82, 2.24) is 0 Å². The lowest BCUT2D eigenvalue weighted by atomic mass is 9.92. The highest BCUT2D eigenvalue weighted by Gasteiger charge is 2.14. The van der Waals surface area contributed by atoms with Crippen molar-refractivity contribution in [1.29, 1.82) is 0 Å². The number of aliphatic hydroxyl groups is 1. The summed E-state index contributed by atoms with van der Waals surface area (Å²) < 4.78 is 14.5. The second-order valence-corrected chi connectivity index (χ2v) is 5.72. The van der Waals surface area contributed by atoms with Gasteiger partial charge < -0.3 is 5.11 Å². The highest BCUT2D eigenvalue weighted by molar-refractivity contribution is 9.10. The van der Waals surface area contributed by atoms with Gasteiger partial charge in [-0.2, -0.15) is 0 Å². The molecule has 0 aliphatic rings. The summed E-state index contributed by atoms with van der Waals surface area (Å²) in [7, 11) is 0. The molecule has 4 heteroatoms. The fourth-order valence-corrected chi connectivity index (χ4v) is 2.43. The maximum atomic E-state index is 13.8. The van der Waals surface area contributed by atoms with Crippen LogP contribution in [0, 0.1) is 5.82 Å². The Balaban J connectivity index is 2.21. The molecule has 1 nitrogen and oxygen atoms in total. The normalized spacial score (nSPS) is 12.4. The summed E-state index contributed by atoms with van der Waals surface area (Å²) in [5.74, 6) is -0.394. The summed E-state index contributed by atoms with van der Waals surface area (Å²) in [4.78, 5) is 0. The van der Waals surface area contributed by atoms with E-state index in [1.807, 2.05) is 12.1 Å². The van der Waals surface area contributed by atoms with E-state index < -0.39 is 0 Å². The van der Waals surface area contributed by atoms with E-state index in [1.54, 1.807) is 24.3 Å². The monoisotopic (exact) mass is 342 g/mol. The number of hydrogen-bond acceptors (Lipinski definition) is 1.